The Morgan fingerprint density at radius 1 is 1.05 bits per heavy atom. The summed E-state index contributed by atoms with van der Waals surface area (Å²) in [6.45, 7) is -0.157. The summed E-state index contributed by atoms with van der Waals surface area (Å²) >= 11 is 0. The minimum absolute atomic E-state index is 0. The van der Waals surface area contributed by atoms with Crippen molar-refractivity contribution in [2.24, 2.45) is 0 Å². The number of alkyl halides is 3. The number of aliphatic carboxylic acids is 1. The molecule has 0 saturated heterocycles. The third kappa shape index (κ3) is 6.31. The molecule has 1 heterocycles. The summed E-state index contributed by atoms with van der Waals surface area (Å²) in [6, 6.07) is 6.17. The van der Waals surface area contributed by atoms with Crippen LogP contribution in [0.5, 0.6) is 5.75 Å². The smallest absolute Gasteiger partial charge is 0.550 e. The number of hydrogen-bond donors (Lipinski definition) is 0. The zero-order valence-electron chi connectivity index (χ0n) is 20.1. The van der Waals surface area contributed by atoms with E-state index in [-0.39, 0.29) is 58.5 Å². The molecule has 2 aromatic carbocycles. The maximum atomic E-state index is 15.1. The number of aromatic nitrogens is 2. The van der Waals surface area contributed by atoms with Gasteiger partial charge < -0.3 is 14.6 Å². The molecule has 0 unspecified atom stereocenters. The molecular weight excluding hydrogens is 514 g/mol. The second-order valence-electron chi connectivity index (χ2n) is 7.85. The van der Waals surface area contributed by atoms with E-state index < -0.39 is 65.7 Å². The van der Waals surface area contributed by atoms with E-state index in [0.717, 1.165) is 16.7 Å². The number of halogens is 5. The molecule has 7 nitrogen and oxygen atoms in total. The number of benzene rings is 2. The van der Waals surface area contributed by atoms with Gasteiger partial charge in [-0.05, 0) is 38.0 Å². The predicted octanol–water partition coefficient (Wildman–Crippen LogP) is -0.127. The summed E-state index contributed by atoms with van der Waals surface area (Å²) in [5, 5.41) is 10.8. The second kappa shape index (κ2) is 12.1. The van der Waals surface area contributed by atoms with E-state index in [2.05, 4.69) is 0 Å². The van der Waals surface area contributed by atoms with E-state index in [1.165, 1.54) is 32.2 Å². The van der Waals surface area contributed by atoms with Gasteiger partial charge in [0.15, 0.2) is 11.6 Å². The SMILES string of the molecule is COc1cccc(-c2c(C)n(Cc3c(F)cccc3C(F)(F)F)c(=O)n(CCCC(=O)[O-])c2=O)c1F.[Na+]. The van der Waals surface area contributed by atoms with Gasteiger partial charge in [-0.3, -0.25) is 13.9 Å². The van der Waals surface area contributed by atoms with Crippen LogP contribution in [0.1, 0.15) is 29.7 Å². The van der Waals surface area contributed by atoms with Crippen LogP contribution < -0.4 is 50.6 Å². The number of hydrogen-bond acceptors (Lipinski definition) is 5. The molecule has 0 aliphatic rings. The Balaban J connectivity index is 0.00000481. The van der Waals surface area contributed by atoms with Gasteiger partial charge in [-0.25, -0.2) is 13.6 Å². The van der Waals surface area contributed by atoms with Crippen molar-refractivity contribution in [3.8, 4) is 16.9 Å². The first-order valence-electron chi connectivity index (χ1n) is 10.6. The Hall–Kier alpha value is -2.96. The summed E-state index contributed by atoms with van der Waals surface area (Å²) < 4.78 is 76.6. The molecule has 0 atom stereocenters. The molecule has 0 aliphatic heterocycles. The van der Waals surface area contributed by atoms with Crippen LogP contribution in [0.2, 0.25) is 0 Å². The van der Waals surface area contributed by atoms with Crippen molar-refractivity contribution < 1.29 is 66.1 Å². The number of ether oxygens (including phenoxy) is 1. The van der Waals surface area contributed by atoms with Gasteiger partial charge in [0.2, 0.25) is 0 Å². The number of carboxylic acid groups (broad SMARTS) is 1. The average molecular weight is 534 g/mol. The van der Waals surface area contributed by atoms with Crippen LogP contribution in [0.25, 0.3) is 11.1 Å². The van der Waals surface area contributed by atoms with Crippen molar-refractivity contribution in [3.63, 3.8) is 0 Å². The first-order chi connectivity index (χ1) is 16.9. The Labute approximate surface area is 229 Å². The Kier molecular flexibility index (Phi) is 9.86. The fourth-order valence-corrected chi connectivity index (χ4v) is 3.88. The van der Waals surface area contributed by atoms with Crippen molar-refractivity contribution in [1.82, 2.24) is 9.13 Å². The fraction of sp³-hybridized carbons (Fsp3) is 0.292. The molecule has 192 valence electrons. The molecule has 3 aromatic rings. The third-order valence-electron chi connectivity index (χ3n) is 5.64. The van der Waals surface area contributed by atoms with E-state index in [1.807, 2.05) is 0 Å². The van der Waals surface area contributed by atoms with Crippen LogP contribution in [0.3, 0.4) is 0 Å². The van der Waals surface area contributed by atoms with E-state index in [4.69, 9.17) is 4.74 Å². The first kappa shape index (κ1) is 30.3. The molecule has 37 heavy (non-hydrogen) atoms. The minimum atomic E-state index is -4.94. The van der Waals surface area contributed by atoms with Gasteiger partial charge in [-0.15, -0.1) is 0 Å². The van der Waals surface area contributed by atoms with E-state index in [1.54, 1.807) is 0 Å². The molecule has 1 aromatic heterocycles. The molecule has 3 rings (SSSR count). The maximum absolute atomic E-state index is 15.1. The van der Waals surface area contributed by atoms with E-state index in [0.29, 0.717) is 10.6 Å². The molecule has 0 spiro atoms. The molecule has 0 radical (unpaired) electrons. The van der Waals surface area contributed by atoms with Crippen molar-refractivity contribution in [1.29, 1.82) is 0 Å². The molecule has 0 bridgehead atoms. The average Bonchev–Trinajstić information content (AvgIpc) is 2.80. The van der Waals surface area contributed by atoms with Gasteiger partial charge in [0.05, 0.1) is 24.8 Å². The quantitative estimate of drug-likeness (QED) is 0.297. The van der Waals surface area contributed by atoms with Gasteiger partial charge in [-0.2, -0.15) is 13.2 Å². The molecule has 13 heteroatoms. The van der Waals surface area contributed by atoms with Crippen LogP contribution in [-0.4, -0.2) is 22.2 Å². The zero-order chi connectivity index (χ0) is 26.8. The Morgan fingerprint density at radius 3 is 2.30 bits per heavy atom. The van der Waals surface area contributed by atoms with Crippen LogP contribution in [0.4, 0.5) is 22.0 Å². The van der Waals surface area contributed by atoms with Crippen molar-refractivity contribution in [2.45, 2.75) is 39.0 Å². The zero-order valence-corrected chi connectivity index (χ0v) is 22.1. The van der Waals surface area contributed by atoms with Crippen molar-refractivity contribution in [3.05, 3.63) is 85.7 Å². The standard InChI is InChI=1S/C24H21F5N2O5.Na/c1-13-20(14-6-3-9-18(36-2)21(14)26)22(34)30(11-5-10-19(32)33)23(35)31(13)12-15-16(24(27,28)29)7-4-8-17(15)25;/h3-4,6-9H,5,10-12H2,1-2H3,(H,32,33);/q;+1/p-1. The van der Waals surface area contributed by atoms with Gasteiger partial charge >= 0.3 is 41.4 Å². The van der Waals surface area contributed by atoms with E-state index in [9.17, 15) is 37.1 Å². The second-order valence-corrected chi connectivity index (χ2v) is 7.85. The number of methoxy groups -OCH3 is 1. The van der Waals surface area contributed by atoms with Crippen LogP contribution >= 0.6 is 0 Å². The monoisotopic (exact) mass is 534 g/mol. The molecule has 0 amide bonds. The summed E-state index contributed by atoms with van der Waals surface area (Å²) in [6.07, 6.45) is -5.69. The van der Waals surface area contributed by atoms with Crippen molar-refractivity contribution in [2.75, 3.05) is 7.11 Å². The topological polar surface area (TPSA) is 93.4 Å². The van der Waals surface area contributed by atoms with Gasteiger partial charge in [0.25, 0.3) is 5.56 Å². The Bertz CT molecular complexity index is 1430. The number of carbonyl (C=O) groups excluding carboxylic acids is 1. The summed E-state index contributed by atoms with van der Waals surface area (Å²) in [5.41, 5.74) is -5.18. The summed E-state index contributed by atoms with van der Waals surface area (Å²) in [4.78, 5) is 37.3. The first-order valence-corrected chi connectivity index (χ1v) is 10.6. The third-order valence-corrected chi connectivity index (χ3v) is 5.64. The van der Waals surface area contributed by atoms with Crippen LogP contribution in [0, 0.1) is 18.6 Å². The maximum Gasteiger partial charge on any atom is 1.00 e. The van der Waals surface area contributed by atoms with E-state index >= 15 is 4.39 Å². The van der Waals surface area contributed by atoms with Gasteiger partial charge in [-0.1, -0.05) is 18.2 Å². The summed E-state index contributed by atoms with van der Waals surface area (Å²) in [7, 11) is 1.19. The molecule has 0 fully saturated rings. The molecule has 0 N–H and O–H groups in total. The van der Waals surface area contributed by atoms with Crippen molar-refractivity contribution >= 4 is 5.97 Å². The number of carbonyl (C=O) groups is 1. The fourth-order valence-electron chi connectivity index (χ4n) is 3.88. The van der Waals surface area contributed by atoms with Crippen LogP contribution in [0.15, 0.2) is 46.0 Å². The molecular formula is C24H20F5N2NaO5. The molecule has 0 saturated carbocycles. The number of nitrogens with zero attached hydrogens (tertiary/aromatic N) is 2. The Morgan fingerprint density at radius 2 is 1.70 bits per heavy atom. The van der Waals surface area contributed by atoms with Crippen LogP contribution in [-0.2, 0) is 24.1 Å². The number of carboxylic acids is 1. The number of rotatable bonds is 8. The molecule has 0 aliphatic carbocycles. The van der Waals surface area contributed by atoms with Gasteiger partial charge in [0, 0.05) is 29.3 Å². The van der Waals surface area contributed by atoms with Gasteiger partial charge in [0.1, 0.15) is 5.82 Å². The normalized spacial score (nSPS) is 11.2. The largest absolute Gasteiger partial charge is 1.00 e. The summed E-state index contributed by atoms with van der Waals surface area (Å²) in [5.74, 6) is -3.88. The minimum Gasteiger partial charge on any atom is -0.550 e. The predicted molar refractivity (Wildman–Crippen MR) is 116 cm³/mol.